The first-order valence-corrected chi connectivity index (χ1v) is 10.8. The minimum Gasteiger partial charge on any atom is -0.324 e. The Labute approximate surface area is 177 Å². The maximum absolute atomic E-state index is 12.8. The molecule has 2 aromatic heterocycles. The van der Waals surface area contributed by atoms with Crippen molar-refractivity contribution in [2.75, 3.05) is 16.8 Å². The number of fused-ring (bicyclic) bond motifs is 1. The number of carbonyl (C=O) groups is 2. The molecule has 1 fully saturated rings. The van der Waals surface area contributed by atoms with Crippen molar-refractivity contribution in [1.82, 2.24) is 9.38 Å². The zero-order valence-electron chi connectivity index (χ0n) is 16.2. The molecule has 0 unspecified atom stereocenters. The summed E-state index contributed by atoms with van der Waals surface area (Å²) in [5, 5.41) is 4.95. The van der Waals surface area contributed by atoms with E-state index >= 15 is 0 Å². The van der Waals surface area contributed by atoms with Crippen LogP contribution in [0.5, 0.6) is 0 Å². The highest BCUT2D eigenvalue weighted by atomic mass is 32.1. The largest absolute Gasteiger partial charge is 0.324 e. The maximum atomic E-state index is 12.8. The fourth-order valence-corrected chi connectivity index (χ4v) is 4.65. The highest BCUT2D eigenvalue weighted by Crippen LogP contribution is 2.30. The second-order valence-electron chi connectivity index (χ2n) is 7.26. The average molecular weight is 417 g/mol. The molecule has 1 aliphatic heterocycles. The summed E-state index contributed by atoms with van der Waals surface area (Å²) >= 11 is 1.52. The van der Waals surface area contributed by atoms with Gasteiger partial charge < -0.3 is 10.2 Å². The highest BCUT2D eigenvalue weighted by molar-refractivity contribution is 7.15. The molecular weight excluding hydrogens is 396 g/mol. The molecule has 0 atom stereocenters. The molecule has 2 amide bonds. The van der Waals surface area contributed by atoms with Crippen molar-refractivity contribution in [2.24, 2.45) is 0 Å². The fourth-order valence-electron chi connectivity index (χ4n) is 3.78. The van der Waals surface area contributed by atoms with Crippen molar-refractivity contribution in [3.05, 3.63) is 71.9 Å². The van der Waals surface area contributed by atoms with Crippen LogP contribution in [0.4, 0.5) is 11.4 Å². The van der Waals surface area contributed by atoms with Gasteiger partial charge in [-0.25, -0.2) is 4.98 Å². The van der Waals surface area contributed by atoms with Gasteiger partial charge in [0.2, 0.25) is 11.8 Å². The molecule has 4 aromatic rings. The third-order valence-corrected chi connectivity index (χ3v) is 6.13. The third-order valence-electron chi connectivity index (χ3n) is 5.24. The zero-order valence-corrected chi connectivity index (χ0v) is 17.1. The summed E-state index contributed by atoms with van der Waals surface area (Å²) in [5.41, 5.74) is 4.25. The number of anilines is 2. The third kappa shape index (κ3) is 3.48. The van der Waals surface area contributed by atoms with E-state index in [0.717, 1.165) is 34.0 Å². The van der Waals surface area contributed by atoms with Gasteiger partial charge in [0.25, 0.3) is 0 Å². The van der Waals surface area contributed by atoms with Crippen LogP contribution in [0, 0.1) is 0 Å². The second-order valence-corrected chi connectivity index (χ2v) is 8.10. The van der Waals surface area contributed by atoms with E-state index in [1.807, 2.05) is 70.6 Å². The second kappa shape index (κ2) is 7.76. The summed E-state index contributed by atoms with van der Waals surface area (Å²) in [7, 11) is 0. The number of imidazole rings is 1. The molecule has 150 valence electrons. The Morgan fingerprint density at radius 1 is 1.10 bits per heavy atom. The van der Waals surface area contributed by atoms with E-state index in [1.165, 1.54) is 11.3 Å². The number of hydrogen-bond donors (Lipinski definition) is 1. The van der Waals surface area contributed by atoms with Crippen LogP contribution in [-0.2, 0) is 16.0 Å². The van der Waals surface area contributed by atoms with E-state index < -0.39 is 0 Å². The van der Waals surface area contributed by atoms with Crippen molar-refractivity contribution < 1.29 is 9.59 Å². The summed E-state index contributed by atoms with van der Waals surface area (Å²) in [4.78, 5) is 32.2. The van der Waals surface area contributed by atoms with Crippen LogP contribution < -0.4 is 10.2 Å². The van der Waals surface area contributed by atoms with E-state index in [-0.39, 0.29) is 18.2 Å². The topological polar surface area (TPSA) is 66.7 Å². The molecule has 1 N–H and O–H groups in total. The van der Waals surface area contributed by atoms with Crippen LogP contribution in [0.25, 0.3) is 16.2 Å². The predicted molar refractivity (Wildman–Crippen MR) is 119 cm³/mol. The van der Waals surface area contributed by atoms with Crippen molar-refractivity contribution in [2.45, 2.75) is 19.3 Å². The van der Waals surface area contributed by atoms with Crippen molar-refractivity contribution in [3.8, 4) is 11.3 Å². The molecule has 0 saturated carbocycles. The van der Waals surface area contributed by atoms with Crippen LogP contribution in [0.2, 0.25) is 0 Å². The SMILES string of the molecule is O=C(Cc1csc2nc(-c3ccccc3)cn12)Nc1ccccc1N1CCCC1=O. The monoisotopic (exact) mass is 416 g/mol. The van der Waals surface area contributed by atoms with Crippen LogP contribution in [0.15, 0.2) is 66.2 Å². The Bertz CT molecular complexity index is 1230. The van der Waals surface area contributed by atoms with Gasteiger partial charge in [0.15, 0.2) is 4.96 Å². The molecule has 2 aromatic carbocycles. The van der Waals surface area contributed by atoms with Crippen molar-refractivity contribution >= 4 is 39.5 Å². The van der Waals surface area contributed by atoms with Gasteiger partial charge in [0.1, 0.15) is 0 Å². The number of amides is 2. The molecule has 0 radical (unpaired) electrons. The van der Waals surface area contributed by atoms with Gasteiger partial charge in [0.05, 0.1) is 23.5 Å². The molecule has 1 aliphatic rings. The summed E-state index contributed by atoms with van der Waals surface area (Å²) in [6, 6.07) is 17.5. The molecule has 5 rings (SSSR count). The normalized spacial score (nSPS) is 13.9. The molecule has 0 aliphatic carbocycles. The van der Waals surface area contributed by atoms with E-state index in [1.54, 1.807) is 4.90 Å². The van der Waals surface area contributed by atoms with E-state index in [4.69, 9.17) is 0 Å². The first-order valence-electron chi connectivity index (χ1n) is 9.89. The molecule has 1 saturated heterocycles. The Morgan fingerprint density at radius 3 is 2.70 bits per heavy atom. The lowest BCUT2D eigenvalue weighted by molar-refractivity contribution is -0.117. The van der Waals surface area contributed by atoms with Gasteiger partial charge in [-0.15, -0.1) is 11.3 Å². The standard InChI is InChI=1S/C23H20N4O2S/c28-21(24-18-9-4-5-10-20(18)26-12-6-11-22(26)29)13-17-15-30-23-25-19(14-27(17)23)16-7-2-1-3-8-16/h1-5,7-10,14-15H,6,11-13H2,(H,24,28). The predicted octanol–water partition coefficient (Wildman–Crippen LogP) is 4.37. The molecule has 6 nitrogen and oxygen atoms in total. The number of hydrogen-bond acceptors (Lipinski definition) is 4. The smallest absolute Gasteiger partial charge is 0.230 e. The molecule has 0 bridgehead atoms. The summed E-state index contributed by atoms with van der Waals surface area (Å²) in [6.45, 7) is 0.689. The first kappa shape index (κ1) is 18.6. The van der Waals surface area contributed by atoms with Gasteiger partial charge in [-0.3, -0.25) is 14.0 Å². The molecular formula is C23H20N4O2S. The summed E-state index contributed by atoms with van der Waals surface area (Å²) < 4.78 is 1.97. The molecule has 7 heteroatoms. The minimum atomic E-state index is -0.122. The maximum Gasteiger partial charge on any atom is 0.230 e. The lowest BCUT2D eigenvalue weighted by Crippen LogP contribution is -2.26. The molecule has 0 spiro atoms. The number of para-hydroxylation sites is 2. The van der Waals surface area contributed by atoms with Gasteiger partial charge in [-0.2, -0.15) is 0 Å². The van der Waals surface area contributed by atoms with E-state index in [9.17, 15) is 9.59 Å². The number of carbonyl (C=O) groups excluding carboxylic acids is 2. The Balaban J connectivity index is 1.36. The molecule has 30 heavy (non-hydrogen) atoms. The number of aromatic nitrogens is 2. The fraction of sp³-hybridized carbons (Fsp3) is 0.174. The van der Waals surface area contributed by atoms with Gasteiger partial charge in [0, 0.05) is 35.8 Å². The van der Waals surface area contributed by atoms with Crippen molar-refractivity contribution in [3.63, 3.8) is 0 Å². The lowest BCUT2D eigenvalue weighted by Gasteiger charge is -2.19. The van der Waals surface area contributed by atoms with Crippen molar-refractivity contribution in [1.29, 1.82) is 0 Å². The average Bonchev–Trinajstić information content (AvgIpc) is 3.46. The number of rotatable bonds is 5. The lowest BCUT2D eigenvalue weighted by atomic mass is 10.2. The van der Waals surface area contributed by atoms with Crippen LogP contribution >= 0.6 is 11.3 Å². The van der Waals surface area contributed by atoms with Gasteiger partial charge >= 0.3 is 0 Å². The first-order chi connectivity index (χ1) is 14.7. The van der Waals surface area contributed by atoms with Gasteiger partial charge in [-0.1, -0.05) is 42.5 Å². The Hall–Kier alpha value is -3.45. The minimum absolute atomic E-state index is 0.100. The Morgan fingerprint density at radius 2 is 1.90 bits per heavy atom. The van der Waals surface area contributed by atoms with E-state index in [2.05, 4.69) is 10.3 Å². The number of thiazole rings is 1. The van der Waals surface area contributed by atoms with E-state index in [0.29, 0.717) is 18.7 Å². The summed E-state index contributed by atoms with van der Waals surface area (Å²) in [6.07, 6.45) is 3.60. The Kier molecular flexibility index (Phi) is 4.80. The molecule has 3 heterocycles. The summed E-state index contributed by atoms with van der Waals surface area (Å²) in [5.74, 6) is -0.0214. The highest BCUT2D eigenvalue weighted by Gasteiger charge is 2.24. The number of benzene rings is 2. The van der Waals surface area contributed by atoms with Crippen LogP contribution in [0.1, 0.15) is 18.5 Å². The van der Waals surface area contributed by atoms with Crippen LogP contribution in [0.3, 0.4) is 0 Å². The number of nitrogens with one attached hydrogen (secondary N) is 1. The number of nitrogens with zero attached hydrogens (tertiary/aromatic N) is 3. The quantitative estimate of drug-likeness (QED) is 0.525. The van der Waals surface area contributed by atoms with Gasteiger partial charge in [-0.05, 0) is 18.6 Å². The zero-order chi connectivity index (χ0) is 20.5. The van der Waals surface area contributed by atoms with Crippen LogP contribution in [-0.4, -0.2) is 27.7 Å².